The van der Waals surface area contributed by atoms with Gasteiger partial charge in [-0.15, -0.1) is 0 Å². The molecule has 7 heteroatoms. The predicted octanol–water partition coefficient (Wildman–Crippen LogP) is 2.54. The Morgan fingerprint density at radius 3 is 2.81 bits per heavy atom. The largest absolute Gasteiger partial charge is 0.379 e. The third kappa shape index (κ3) is 5.62. The summed E-state index contributed by atoms with van der Waals surface area (Å²) in [5.41, 5.74) is 2.64. The van der Waals surface area contributed by atoms with Crippen molar-refractivity contribution in [2.75, 3.05) is 70.5 Å². The molecule has 0 aromatic heterocycles. The van der Waals surface area contributed by atoms with Crippen LogP contribution in [-0.4, -0.2) is 87.2 Å². The van der Waals surface area contributed by atoms with Gasteiger partial charge in [0.05, 0.1) is 13.2 Å². The number of morpholine rings is 1. The number of para-hydroxylation sites is 1. The Morgan fingerprint density at radius 2 is 2.06 bits per heavy atom. The molecule has 0 spiro atoms. The topological polar surface area (TPSA) is 60.4 Å². The van der Waals surface area contributed by atoms with Crippen LogP contribution in [0.5, 0.6) is 0 Å². The zero-order valence-electron chi connectivity index (χ0n) is 19.8. The molecular weight excluding hydrogens is 402 g/mol. The van der Waals surface area contributed by atoms with Crippen molar-refractivity contribution in [3.05, 3.63) is 29.8 Å². The van der Waals surface area contributed by atoms with Crippen LogP contribution in [0, 0.1) is 5.92 Å². The van der Waals surface area contributed by atoms with Crippen molar-refractivity contribution in [3.63, 3.8) is 0 Å². The van der Waals surface area contributed by atoms with Gasteiger partial charge in [-0.1, -0.05) is 25.1 Å². The van der Waals surface area contributed by atoms with Gasteiger partial charge in [0.25, 0.3) is 0 Å². The first-order valence-corrected chi connectivity index (χ1v) is 12.4. The van der Waals surface area contributed by atoms with Gasteiger partial charge >= 0.3 is 0 Å². The second kappa shape index (κ2) is 11.1. The number of fused-ring (bicyclic) bond motifs is 1. The Kier molecular flexibility index (Phi) is 8.03. The van der Waals surface area contributed by atoms with Crippen LogP contribution in [0.3, 0.4) is 0 Å². The summed E-state index contributed by atoms with van der Waals surface area (Å²) in [6, 6.07) is 8.70. The molecule has 176 valence electrons. The van der Waals surface area contributed by atoms with Gasteiger partial charge in [-0.2, -0.15) is 0 Å². The van der Waals surface area contributed by atoms with E-state index in [1.165, 1.54) is 11.3 Å². The number of nitrogens with one attached hydrogen (secondary N) is 1. The van der Waals surface area contributed by atoms with Crippen LogP contribution >= 0.6 is 0 Å². The molecule has 3 heterocycles. The number of hydrogen-bond donors (Lipinski definition) is 1. The van der Waals surface area contributed by atoms with Crippen molar-refractivity contribution in [1.82, 2.24) is 15.1 Å². The maximum Gasteiger partial charge on any atom is 0.222 e. The fourth-order valence-corrected chi connectivity index (χ4v) is 5.11. The number of likely N-dealkylation sites (tertiary alicyclic amines) is 1. The van der Waals surface area contributed by atoms with Crippen LogP contribution in [0.25, 0.3) is 0 Å². The molecule has 1 amide bonds. The molecule has 2 atom stereocenters. The molecule has 2 unspecified atom stereocenters. The Bertz CT molecular complexity index is 792. The average Bonchev–Trinajstić information content (AvgIpc) is 3.39. The number of amides is 1. The number of ether oxygens (including phenoxy) is 1. The van der Waals surface area contributed by atoms with Crippen molar-refractivity contribution < 1.29 is 9.53 Å². The number of guanidine groups is 1. The van der Waals surface area contributed by atoms with Crippen LogP contribution in [0.1, 0.15) is 44.6 Å². The number of rotatable bonds is 8. The van der Waals surface area contributed by atoms with E-state index in [-0.39, 0.29) is 0 Å². The molecule has 1 aromatic rings. The minimum atomic E-state index is 0.317. The summed E-state index contributed by atoms with van der Waals surface area (Å²) in [5, 5.41) is 3.53. The monoisotopic (exact) mass is 441 g/mol. The van der Waals surface area contributed by atoms with Crippen molar-refractivity contribution in [2.24, 2.45) is 10.9 Å². The number of hydrogen-bond acceptors (Lipinski definition) is 4. The van der Waals surface area contributed by atoms with Gasteiger partial charge in [-0.3, -0.25) is 14.7 Å². The predicted molar refractivity (Wildman–Crippen MR) is 129 cm³/mol. The third-order valence-corrected chi connectivity index (χ3v) is 6.81. The molecular formula is C25H39N5O2. The average molecular weight is 442 g/mol. The number of aliphatic imine (C=N–C) groups is 1. The minimum absolute atomic E-state index is 0.317. The van der Waals surface area contributed by atoms with Gasteiger partial charge in [0.1, 0.15) is 0 Å². The van der Waals surface area contributed by atoms with E-state index in [0.717, 1.165) is 84.4 Å². The first-order valence-electron chi connectivity index (χ1n) is 12.4. The van der Waals surface area contributed by atoms with Crippen LogP contribution in [0.2, 0.25) is 0 Å². The highest BCUT2D eigenvalue weighted by Crippen LogP contribution is 2.38. The SMILES string of the molecule is CCNC(=NCC(C)CN1CCOCC1)N1CC(CCN2CCCC2=O)c2ccccc21. The molecule has 0 radical (unpaired) electrons. The van der Waals surface area contributed by atoms with Crippen molar-refractivity contribution in [1.29, 1.82) is 0 Å². The first kappa shape index (κ1) is 23.1. The highest BCUT2D eigenvalue weighted by Gasteiger charge is 2.32. The van der Waals surface area contributed by atoms with E-state index in [4.69, 9.17) is 9.73 Å². The summed E-state index contributed by atoms with van der Waals surface area (Å²) in [5.74, 6) is 2.22. The maximum absolute atomic E-state index is 12.1. The lowest BCUT2D eigenvalue weighted by atomic mass is 9.98. The molecule has 1 N–H and O–H groups in total. The van der Waals surface area contributed by atoms with Gasteiger partial charge in [0.2, 0.25) is 5.91 Å². The molecule has 1 aromatic carbocycles. The van der Waals surface area contributed by atoms with Crippen molar-refractivity contribution in [2.45, 2.75) is 39.0 Å². The van der Waals surface area contributed by atoms with Crippen LogP contribution < -0.4 is 10.2 Å². The maximum atomic E-state index is 12.1. The molecule has 2 fully saturated rings. The number of benzene rings is 1. The Balaban J connectivity index is 1.41. The molecule has 32 heavy (non-hydrogen) atoms. The van der Waals surface area contributed by atoms with E-state index in [9.17, 15) is 4.79 Å². The number of carbonyl (C=O) groups is 1. The quantitative estimate of drug-likeness (QED) is 0.496. The van der Waals surface area contributed by atoms with E-state index >= 15 is 0 Å². The van der Waals surface area contributed by atoms with Crippen molar-refractivity contribution >= 4 is 17.6 Å². The normalized spacial score (nSPS) is 23.0. The Labute approximate surface area is 192 Å². The fourth-order valence-electron chi connectivity index (χ4n) is 5.11. The van der Waals surface area contributed by atoms with Crippen LogP contribution in [0.15, 0.2) is 29.3 Å². The fraction of sp³-hybridized carbons (Fsp3) is 0.680. The van der Waals surface area contributed by atoms with E-state index < -0.39 is 0 Å². The lowest BCUT2D eigenvalue weighted by Gasteiger charge is -2.29. The van der Waals surface area contributed by atoms with Crippen LogP contribution in [-0.2, 0) is 9.53 Å². The standard InChI is InChI=1S/C25H39N5O2/c1-3-26-25(27-17-20(2)18-28-13-15-32-16-14-28)30-19-21(22-7-4-5-8-23(22)30)10-12-29-11-6-9-24(29)31/h4-5,7-8,20-21H,3,6,9-19H2,1-2H3,(H,26,27). The van der Waals surface area contributed by atoms with Gasteiger partial charge < -0.3 is 19.9 Å². The van der Waals surface area contributed by atoms with Gasteiger partial charge in [-0.05, 0) is 37.3 Å². The van der Waals surface area contributed by atoms with Gasteiger partial charge in [-0.25, -0.2) is 0 Å². The summed E-state index contributed by atoms with van der Waals surface area (Å²) < 4.78 is 5.47. The summed E-state index contributed by atoms with van der Waals surface area (Å²) >= 11 is 0. The smallest absolute Gasteiger partial charge is 0.222 e. The second-order valence-electron chi connectivity index (χ2n) is 9.35. The number of carbonyl (C=O) groups excluding carboxylic acids is 1. The summed E-state index contributed by atoms with van der Waals surface area (Å²) in [6.07, 6.45) is 2.73. The molecule has 0 saturated carbocycles. The lowest BCUT2D eigenvalue weighted by molar-refractivity contribution is -0.127. The zero-order valence-corrected chi connectivity index (χ0v) is 19.8. The van der Waals surface area contributed by atoms with Gasteiger partial charge in [0.15, 0.2) is 5.96 Å². The molecule has 3 aliphatic heterocycles. The summed E-state index contributed by atoms with van der Waals surface area (Å²) in [4.78, 5) is 24.0. The summed E-state index contributed by atoms with van der Waals surface area (Å²) in [7, 11) is 0. The Morgan fingerprint density at radius 1 is 1.25 bits per heavy atom. The van der Waals surface area contributed by atoms with E-state index in [1.54, 1.807) is 0 Å². The molecule has 4 rings (SSSR count). The summed E-state index contributed by atoms with van der Waals surface area (Å²) in [6.45, 7) is 13.6. The third-order valence-electron chi connectivity index (χ3n) is 6.81. The molecule has 0 aliphatic carbocycles. The van der Waals surface area contributed by atoms with E-state index in [1.807, 2.05) is 4.90 Å². The van der Waals surface area contributed by atoms with Crippen molar-refractivity contribution in [3.8, 4) is 0 Å². The highest BCUT2D eigenvalue weighted by molar-refractivity contribution is 5.98. The van der Waals surface area contributed by atoms with Crippen LogP contribution in [0.4, 0.5) is 5.69 Å². The molecule has 2 saturated heterocycles. The highest BCUT2D eigenvalue weighted by atomic mass is 16.5. The number of anilines is 1. The Hall–Kier alpha value is -2.12. The van der Waals surface area contributed by atoms with Gasteiger partial charge in [0, 0.05) is 70.4 Å². The lowest BCUT2D eigenvalue weighted by Crippen LogP contribution is -2.42. The number of nitrogens with zero attached hydrogens (tertiary/aromatic N) is 4. The molecule has 0 bridgehead atoms. The second-order valence-corrected chi connectivity index (χ2v) is 9.35. The minimum Gasteiger partial charge on any atom is -0.379 e. The first-order chi connectivity index (χ1) is 15.7. The molecule has 7 nitrogen and oxygen atoms in total. The van der Waals surface area contributed by atoms with E-state index in [2.05, 4.69) is 53.2 Å². The zero-order chi connectivity index (χ0) is 22.3. The van der Waals surface area contributed by atoms with E-state index in [0.29, 0.717) is 24.2 Å². The molecule has 3 aliphatic rings.